The molecule has 1 aromatic carbocycles. The van der Waals surface area contributed by atoms with Crippen LogP contribution in [0.2, 0.25) is 0 Å². The summed E-state index contributed by atoms with van der Waals surface area (Å²) in [5, 5.41) is 12.0. The highest BCUT2D eigenvalue weighted by molar-refractivity contribution is 9.10. The molecule has 0 saturated carbocycles. The van der Waals surface area contributed by atoms with Gasteiger partial charge < -0.3 is 10.4 Å². The molecule has 0 spiro atoms. The summed E-state index contributed by atoms with van der Waals surface area (Å²) >= 11 is 4.66. The number of halogens is 2. The van der Waals surface area contributed by atoms with Crippen molar-refractivity contribution >= 4 is 39.3 Å². The van der Waals surface area contributed by atoms with Crippen LogP contribution in [0.15, 0.2) is 16.6 Å². The van der Waals surface area contributed by atoms with Crippen molar-refractivity contribution in [3.8, 4) is 0 Å². The summed E-state index contributed by atoms with van der Waals surface area (Å²) in [7, 11) is 0. The Morgan fingerprint density at radius 3 is 2.78 bits per heavy atom. The van der Waals surface area contributed by atoms with Crippen molar-refractivity contribution in [2.24, 2.45) is 0 Å². The zero-order valence-electron chi connectivity index (χ0n) is 10.2. The van der Waals surface area contributed by atoms with Gasteiger partial charge in [-0.2, -0.15) is 11.8 Å². The van der Waals surface area contributed by atoms with Crippen LogP contribution in [0.25, 0.3) is 0 Å². The van der Waals surface area contributed by atoms with Crippen LogP contribution in [0.4, 0.5) is 10.1 Å². The number of carbonyl (C=O) groups is 1. The van der Waals surface area contributed by atoms with E-state index in [0.29, 0.717) is 5.69 Å². The predicted octanol–water partition coefficient (Wildman–Crippen LogP) is 3.84. The van der Waals surface area contributed by atoms with E-state index in [1.165, 1.54) is 12.1 Å². The van der Waals surface area contributed by atoms with Gasteiger partial charge in [0.25, 0.3) is 0 Å². The first-order chi connectivity index (χ1) is 8.51. The largest absolute Gasteiger partial charge is 0.478 e. The Hall–Kier alpha value is -0.750. The molecule has 0 radical (unpaired) electrons. The number of hydrogen-bond donors (Lipinski definition) is 2. The number of rotatable bonds is 6. The number of hydrogen-bond acceptors (Lipinski definition) is 3. The van der Waals surface area contributed by atoms with Crippen LogP contribution in [0, 0.1) is 5.82 Å². The Labute approximate surface area is 118 Å². The zero-order valence-corrected chi connectivity index (χ0v) is 12.6. The Bertz CT molecular complexity index is 442. The van der Waals surface area contributed by atoms with Crippen molar-refractivity contribution in [1.29, 1.82) is 0 Å². The van der Waals surface area contributed by atoms with Crippen molar-refractivity contribution in [3.05, 3.63) is 28.0 Å². The summed E-state index contributed by atoms with van der Waals surface area (Å²) in [6.07, 6.45) is 2.86. The molecule has 0 aliphatic heterocycles. The highest BCUT2D eigenvalue weighted by Crippen LogP contribution is 2.28. The van der Waals surface area contributed by atoms with Gasteiger partial charge in [0.2, 0.25) is 0 Å². The lowest BCUT2D eigenvalue weighted by molar-refractivity contribution is 0.0695. The highest BCUT2D eigenvalue weighted by atomic mass is 79.9. The first kappa shape index (κ1) is 15.3. The van der Waals surface area contributed by atoms with Gasteiger partial charge in [0, 0.05) is 11.8 Å². The van der Waals surface area contributed by atoms with Gasteiger partial charge in [0.15, 0.2) is 5.82 Å². The molecule has 1 unspecified atom stereocenters. The molecule has 0 bridgehead atoms. The minimum absolute atomic E-state index is 0.0148. The van der Waals surface area contributed by atoms with Crippen molar-refractivity contribution in [2.75, 3.05) is 17.3 Å². The Morgan fingerprint density at radius 1 is 1.61 bits per heavy atom. The predicted molar refractivity (Wildman–Crippen MR) is 77.1 cm³/mol. The van der Waals surface area contributed by atoms with Gasteiger partial charge in [-0.3, -0.25) is 0 Å². The van der Waals surface area contributed by atoms with E-state index in [9.17, 15) is 9.18 Å². The molecular formula is C12H15BrFNO2S. The van der Waals surface area contributed by atoms with Gasteiger partial charge in [-0.05, 0) is 40.7 Å². The highest BCUT2D eigenvalue weighted by Gasteiger charge is 2.17. The molecule has 0 fully saturated rings. The maximum atomic E-state index is 14.0. The number of carboxylic acids is 1. The lowest BCUT2D eigenvalue weighted by atomic mass is 10.1. The van der Waals surface area contributed by atoms with Gasteiger partial charge in [-0.1, -0.05) is 6.92 Å². The second-order valence-electron chi connectivity index (χ2n) is 3.80. The lowest BCUT2D eigenvalue weighted by Crippen LogP contribution is -2.22. The summed E-state index contributed by atoms with van der Waals surface area (Å²) in [5.41, 5.74) is 0.253. The fourth-order valence-corrected chi connectivity index (χ4v) is 2.75. The number of benzene rings is 1. The lowest BCUT2D eigenvalue weighted by Gasteiger charge is -2.18. The molecule has 0 aliphatic rings. The van der Waals surface area contributed by atoms with E-state index in [-0.39, 0.29) is 16.1 Å². The molecule has 18 heavy (non-hydrogen) atoms. The van der Waals surface area contributed by atoms with Crippen LogP contribution in [0.3, 0.4) is 0 Å². The van der Waals surface area contributed by atoms with Crippen molar-refractivity contribution in [2.45, 2.75) is 19.4 Å². The van der Waals surface area contributed by atoms with Gasteiger partial charge in [-0.15, -0.1) is 0 Å². The summed E-state index contributed by atoms with van der Waals surface area (Å²) in [6.45, 7) is 2.02. The summed E-state index contributed by atoms with van der Waals surface area (Å²) in [5.74, 6) is -0.841. The topological polar surface area (TPSA) is 49.3 Å². The van der Waals surface area contributed by atoms with Crippen LogP contribution < -0.4 is 5.32 Å². The molecule has 1 rings (SSSR count). The van der Waals surface area contributed by atoms with Crippen molar-refractivity contribution < 1.29 is 14.3 Å². The first-order valence-electron chi connectivity index (χ1n) is 5.48. The van der Waals surface area contributed by atoms with Gasteiger partial charge in [-0.25, -0.2) is 9.18 Å². The molecule has 0 saturated heterocycles. The van der Waals surface area contributed by atoms with Crippen LogP contribution >= 0.6 is 27.7 Å². The second-order valence-corrected chi connectivity index (χ2v) is 5.50. The molecule has 3 nitrogen and oxygen atoms in total. The molecule has 0 amide bonds. The molecule has 0 heterocycles. The van der Waals surface area contributed by atoms with Crippen LogP contribution in [0.1, 0.15) is 23.7 Å². The average Bonchev–Trinajstić information content (AvgIpc) is 2.33. The molecule has 2 N–H and O–H groups in total. The third-order valence-corrected chi connectivity index (χ3v) is 4.04. The number of nitrogens with one attached hydrogen (secondary N) is 1. The smallest absolute Gasteiger partial charge is 0.336 e. The Kier molecular flexibility index (Phi) is 5.95. The number of thioether (sulfide) groups is 1. The molecular weight excluding hydrogens is 321 g/mol. The van der Waals surface area contributed by atoms with E-state index >= 15 is 0 Å². The van der Waals surface area contributed by atoms with Crippen molar-refractivity contribution in [3.63, 3.8) is 0 Å². The van der Waals surface area contributed by atoms with Crippen LogP contribution in [0.5, 0.6) is 0 Å². The fourth-order valence-electron chi connectivity index (χ4n) is 1.51. The normalized spacial score (nSPS) is 12.2. The first-order valence-corrected chi connectivity index (χ1v) is 7.66. The van der Waals surface area contributed by atoms with E-state index in [0.717, 1.165) is 12.2 Å². The van der Waals surface area contributed by atoms with E-state index in [1.54, 1.807) is 11.8 Å². The number of anilines is 1. The fraction of sp³-hybridized carbons (Fsp3) is 0.417. The SMILES string of the molecule is CCC(CSC)Nc1ccc(C(=O)O)c(Br)c1F. The maximum Gasteiger partial charge on any atom is 0.336 e. The van der Waals surface area contributed by atoms with Gasteiger partial charge in [0.05, 0.1) is 15.7 Å². The van der Waals surface area contributed by atoms with E-state index < -0.39 is 11.8 Å². The van der Waals surface area contributed by atoms with Gasteiger partial charge in [0.1, 0.15) is 0 Å². The van der Waals surface area contributed by atoms with Crippen LogP contribution in [-0.4, -0.2) is 29.1 Å². The molecule has 0 aliphatic carbocycles. The average molecular weight is 336 g/mol. The summed E-state index contributed by atoms with van der Waals surface area (Å²) in [4.78, 5) is 10.8. The Balaban J connectivity index is 2.98. The third-order valence-electron chi connectivity index (χ3n) is 2.53. The number of aromatic carboxylic acids is 1. The molecule has 1 atom stereocenters. The molecule has 0 aromatic heterocycles. The monoisotopic (exact) mass is 335 g/mol. The number of carboxylic acid groups (broad SMARTS) is 1. The van der Waals surface area contributed by atoms with Gasteiger partial charge >= 0.3 is 5.97 Å². The minimum Gasteiger partial charge on any atom is -0.478 e. The molecule has 100 valence electrons. The van der Waals surface area contributed by atoms with E-state index in [1.807, 2.05) is 13.2 Å². The summed E-state index contributed by atoms with van der Waals surface area (Å²) in [6, 6.07) is 3.02. The Morgan fingerprint density at radius 2 is 2.28 bits per heavy atom. The molecule has 1 aromatic rings. The van der Waals surface area contributed by atoms with Crippen molar-refractivity contribution in [1.82, 2.24) is 0 Å². The zero-order chi connectivity index (χ0) is 13.7. The second kappa shape index (κ2) is 6.99. The third kappa shape index (κ3) is 3.62. The minimum atomic E-state index is -1.15. The maximum absolute atomic E-state index is 14.0. The van der Waals surface area contributed by atoms with E-state index in [4.69, 9.17) is 5.11 Å². The van der Waals surface area contributed by atoms with Crippen LogP contribution in [-0.2, 0) is 0 Å². The summed E-state index contributed by atoms with van der Waals surface area (Å²) < 4.78 is 14.0. The standard InChI is InChI=1S/C12H15BrFNO2S/c1-3-7(6-18-2)15-9-5-4-8(12(16)17)10(13)11(9)14/h4-5,7,15H,3,6H2,1-2H3,(H,16,17). The quantitative estimate of drug-likeness (QED) is 0.829. The molecule has 6 heteroatoms. The van der Waals surface area contributed by atoms with E-state index in [2.05, 4.69) is 21.2 Å².